The average molecular weight is 412 g/mol. The lowest BCUT2D eigenvalue weighted by molar-refractivity contribution is -0.136. The number of hydrogen-bond acceptors (Lipinski definition) is 5. The molecule has 6 heteroatoms. The monoisotopic (exact) mass is 412 g/mol. The first-order chi connectivity index (χ1) is 15.1. The Hall–Kier alpha value is -4.08. The van der Waals surface area contributed by atoms with Crippen LogP contribution in [0.4, 0.5) is 0 Å². The van der Waals surface area contributed by atoms with Crippen LogP contribution >= 0.6 is 0 Å². The molecule has 0 saturated carbocycles. The van der Waals surface area contributed by atoms with Crippen molar-refractivity contribution in [2.75, 3.05) is 0 Å². The van der Waals surface area contributed by atoms with E-state index < -0.39 is 5.97 Å². The zero-order valence-electron chi connectivity index (χ0n) is 16.7. The van der Waals surface area contributed by atoms with Crippen LogP contribution in [0.5, 0.6) is 5.75 Å². The number of ether oxygens (including phenoxy) is 1. The van der Waals surface area contributed by atoms with Gasteiger partial charge in [0.05, 0.1) is 18.2 Å². The number of aliphatic carboxylic acids is 1. The Morgan fingerprint density at radius 1 is 1.06 bits per heavy atom. The second-order valence-electron chi connectivity index (χ2n) is 7.14. The number of hydrogen-bond donors (Lipinski definition) is 2. The van der Waals surface area contributed by atoms with E-state index in [9.17, 15) is 10.1 Å². The maximum Gasteiger partial charge on any atom is 0.307 e. The van der Waals surface area contributed by atoms with E-state index in [1.807, 2.05) is 36.4 Å². The molecule has 0 spiro atoms. The fourth-order valence-corrected chi connectivity index (χ4v) is 3.55. The number of fused-ring (bicyclic) bond motifs is 1. The first-order valence-corrected chi connectivity index (χ1v) is 9.75. The van der Waals surface area contributed by atoms with Crippen LogP contribution in [0.25, 0.3) is 22.1 Å². The number of nitriles is 1. The molecule has 0 saturated heterocycles. The van der Waals surface area contributed by atoms with E-state index >= 15 is 0 Å². The number of para-hydroxylation sites is 1. The van der Waals surface area contributed by atoms with Crippen molar-refractivity contribution >= 4 is 16.9 Å². The maximum atomic E-state index is 11.2. The Balaban J connectivity index is 1.66. The van der Waals surface area contributed by atoms with Gasteiger partial charge in [-0.05, 0) is 41.0 Å². The van der Waals surface area contributed by atoms with Gasteiger partial charge in [0.2, 0.25) is 0 Å². The van der Waals surface area contributed by atoms with Crippen LogP contribution in [0.1, 0.15) is 22.3 Å². The highest BCUT2D eigenvalue weighted by Gasteiger charge is 2.15. The zero-order chi connectivity index (χ0) is 21.8. The number of carboxylic acid groups (broad SMARTS) is 1. The van der Waals surface area contributed by atoms with Crippen LogP contribution in [-0.4, -0.2) is 11.1 Å². The molecule has 3 N–H and O–H groups in total. The molecule has 0 aliphatic rings. The Labute approximate surface area is 179 Å². The maximum absolute atomic E-state index is 11.2. The summed E-state index contributed by atoms with van der Waals surface area (Å²) < 4.78 is 11.6. The number of nitrogens with two attached hydrogens (primary N) is 1. The van der Waals surface area contributed by atoms with Gasteiger partial charge in [-0.1, -0.05) is 36.4 Å². The van der Waals surface area contributed by atoms with Gasteiger partial charge in [0, 0.05) is 23.1 Å². The van der Waals surface area contributed by atoms with Gasteiger partial charge in [0.25, 0.3) is 0 Å². The summed E-state index contributed by atoms with van der Waals surface area (Å²) in [6.45, 7) is 0.614. The number of rotatable bonds is 7. The van der Waals surface area contributed by atoms with Crippen LogP contribution in [0.3, 0.4) is 0 Å². The van der Waals surface area contributed by atoms with Crippen LogP contribution in [0.2, 0.25) is 0 Å². The molecule has 1 aromatic heterocycles. The number of benzene rings is 3. The molecule has 0 atom stereocenters. The van der Waals surface area contributed by atoms with Gasteiger partial charge in [-0.15, -0.1) is 0 Å². The van der Waals surface area contributed by atoms with E-state index in [1.54, 1.807) is 24.5 Å². The van der Waals surface area contributed by atoms with Crippen molar-refractivity contribution in [3.63, 3.8) is 0 Å². The highest BCUT2D eigenvalue weighted by molar-refractivity contribution is 5.86. The Morgan fingerprint density at radius 2 is 1.87 bits per heavy atom. The lowest BCUT2D eigenvalue weighted by Gasteiger charge is -2.11. The van der Waals surface area contributed by atoms with E-state index in [-0.39, 0.29) is 18.8 Å². The molecule has 0 amide bonds. The van der Waals surface area contributed by atoms with Gasteiger partial charge < -0.3 is 20.0 Å². The standard InChI is InChI=1S/C25H20N2O4/c26-12-16-3-1-4-17(9-16)18-7-8-23-22(10-18)21(14-30-23)15-31-25-19(11-24(28)29)5-2-6-20(25)13-27/h1-10,14H,11-12,15,26H2,(H,28,29). The van der Waals surface area contributed by atoms with Gasteiger partial charge in [0.15, 0.2) is 0 Å². The fraction of sp³-hybridized carbons (Fsp3) is 0.120. The lowest BCUT2D eigenvalue weighted by atomic mass is 10.0. The quantitative estimate of drug-likeness (QED) is 0.458. The van der Waals surface area contributed by atoms with E-state index in [1.165, 1.54) is 0 Å². The third-order valence-corrected chi connectivity index (χ3v) is 5.08. The van der Waals surface area contributed by atoms with Crippen molar-refractivity contribution in [3.8, 4) is 22.9 Å². The second kappa shape index (κ2) is 8.74. The van der Waals surface area contributed by atoms with Gasteiger partial charge in [-0.2, -0.15) is 5.26 Å². The molecule has 31 heavy (non-hydrogen) atoms. The summed E-state index contributed by atoms with van der Waals surface area (Å²) in [6.07, 6.45) is 1.40. The topological polar surface area (TPSA) is 109 Å². The third kappa shape index (κ3) is 4.27. The molecule has 0 radical (unpaired) electrons. The minimum atomic E-state index is -0.988. The van der Waals surface area contributed by atoms with Crippen LogP contribution in [0.15, 0.2) is 71.3 Å². The molecule has 6 nitrogen and oxygen atoms in total. The predicted octanol–water partition coefficient (Wildman–Crippen LogP) is 4.64. The SMILES string of the molecule is N#Cc1cccc(CC(=O)O)c1OCc1coc2ccc(-c3cccc(CN)c3)cc12. The zero-order valence-corrected chi connectivity index (χ0v) is 16.7. The summed E-state index contributed by atoms with van der Waals surface area (Å²) >= 11 is 0. The van der Waals surface area contributed by atoms with Crippen molar-refractivity contribution in [1.82, 2.24) is 0 Å². The van der Waals surface area contributed by atoms with Crippen LogP contribution < -0.4 is 10.5 Å². The summed E-state index contributed by atoms with van der Waals surface area (Å²) in [5, 5.41) is 19.5. The minimum Gasteiger partial charge on any atom is -0.487 e. The Kier molecular flexibility index (Phi) is 5.69. The number of nitrogens with zero attached hydrogens (tertiary/aromatic N) is 1. The Bertz CT molecular complexity index is 1300. The molecule has 0 bridgehead atoms. The Morgan fingerprint density at radius 3 is 2.65 bits per heavy atom. The molecule has 4 rings (SSSR count). The summed E-state index contributed by atoms with van der Waals surface area (Å²) in [5.41, 5.74) is 11.2. The van der Waals surface area contributed by atoms with Crippen molar-refractivity contribution < 1.29 is 19.1 Å². The minimum absolute atomic E-state index is 0.143. The second-order valence-corrected chi connectivity index (χ2v) is 7.14. The van der Waals surface area contributed by atoms with E-state index in [4.69, 9.17) is 20.0 Å². The predicted molar refractivity (Wildman–Crippen MR) is 116 cm³/mol. The molecular weight excluding hydrogens is 392 g/mol. The van der Waals surface area contributed by atoms with Crippen LogP contribution in [0, 0.1) is 11.3 Å². The summed E-state index contributed by atoms with van der Waals surface area (Å²) in [6, 6.07) is 20.9. The molecule has 3 aromatic carbocycles. The third-order valence-electron chi connectivity index (χ3n) is 5.08. The average Bonchev–Trinajstić information content (AvgIpc) is 3.20. The normalized spacial score (nSPS) is 10.7. The summed E-state index contributed by atoms with van der Waals surface area (Å²) in [5.74, 6) is -0.702. The summed E-state index contributed by atoms with van der Waals surface area (Å²) in [7, 11) is 0. The highest BCUT2D eigenvalue weighted by Crippen LogP contribution is 2.31. The van der Waals surface area contributed by atoms with Crippen molar-refractivity contribution in [3.05, 3.63) is 89.2 Å². The van der Waals surface area contributed by atoms with E-state index in [0.717, 1.165) is 33.2 Å². The largest absolute Gasteiger partial charge is 0.487 e. The van der Waals surface area contributed by atoms with Gasteiger partial charge in [0.1, 0.15) is 24.0 Å². The molecular formula is C25H20N2O4. The lowest BCUT2D eigenvalue weighted by Crippen LogP contribution is -2.05. The van der Waals surface area contributed by atoms with Crippen molar-refractivity contribution in [2.24, 2.45) is 5.73 Å². The molecule has 154 valence electrons. The van der Waals surface area contributed by atoms with Gasteiger partial charge in [-0.25, -0.2) is 0 Å². The highest BCUT2D eigenvalue weighted by atomic mass is 16.5. The van der Waals surface area contributed by atoms with Gasteiger partial charge in [-0.3, -0.25) is 4.79 Å². The molecule has 4 aromatic rings. The molecule has 0 aliphatic heterocycles. The first-order valence-electron chi connectivity index (χ1n) is 9.75. The van der Waals surface area contributed by atoms with Crippen molar-refractivity contribution in [1.29, 1.82) is 5.26 Å². The smallest absolute Gasteiger partial charge is 0.307 e. The van der Waals surface area contributed by atoms with Crippen molar-refractivity contribution in [2.45, 2.75) is 19.6 Å². The van der Waals surface area contributed by atoms with Crippen LogP contribution in [-0.2, 0) is 24.4 Å². The molecule has 0 fully saturated rings. The van der Waals surface area contributed by atoms with E-state index in [0.29, 0.717) is 17.7 Å². The number of furan rings is 1. The van der Waals surface area contributed by atoms with Gasteiger partial charge >= 0.3 is 5.97 Å². The molecule has 0 unspecified atom stereocenters. The number of carboxylic acids is 1. The first kappa shape index (κ1) is 20.2. The molecule has 0 aliphatic carbocycles. The number of carbonyl (C=O) groups is 1. The molecule has 1 heterocycles. The fourth-order valence-electron chi connectivity index (χ4n) is 3.55. The summed E-state index contributed by atoms with van der Waals surface area (Å²) in [4.78, 5) is 11.2. The van der Waals surface area contributed by atoms with E-state index in [2.05, 4.69) is 12.1 Å².